The minimum Gasteiger partial charge on any atom is -0.512 e. The smallest absolute Gasteiger partial charge is 0.331 e. The van der Waals surface area contributed by atoms with Crippen LogP contribution in [0.4, 0.5) is 0 Å². The third kappa shape index (κ3) is 3.25. The summed E-state index contributed by atoms with van der Waals surface area (Å²) in [6.45, 7) is 3.10. The molecule has 0 saturated heterocycles. The summed E-state index contributed by atoms with van der Waals surface area (Å²) in [5.74, 6) is -2.72. The molecule has 0 spiro atoms. The molecule has 0 saturated carbocycles. The van der Waals surface area contributed by atoms with Gasteiger partial charge in [0.2, 0.25) is 5.85 Å². The van der Waals surface area contributed by atoms with Crippen molar-refractivity contribution in [3.8, 4) is 0 Å². The maximum absolute atomic E-state index is 10.5. The van der Waals surface area contributed by atoms with E-state index in [1.807, 2.05) is 0 Å². The van der Waals surface area contributed by atoms with Crippen molar-refractivity contribution < 1.29 is 24.3 Å². The molecular weight excluding hydrogens is 183 g/mol. The van der Waals surface area contributed by atoms with Crippen molar-refractivity contribution in [3.63, 3.8) is 0 Å². The average Bonchev–Trinajstić information content (AvgIpc) is 2.12. The number of rotatable bonds is 4. The Bertz CT molecular complexity index is 222. The Morgan fingerprint density at radius 3 is 2.58 bits per heavy atom. The van der Waals surface area contributed by atoms with Crippen LogP contribution >= 0.6 is 8.46 Å². The molecule has 0 heterocycles. The van der Waals surface area contributed by atoms with Crippen molar-refractivity contribution in [2.75, 3.05) is 0 Å². The van der Waals surface area contributed by atoms with Gasteiger partial charge in [0.05, 0.1) is 0 Å². The van der Waals surface area contributed by atoms with Crippen molar-refractivity contribution in [2.45, 2.75) is 5.85 Å². The van der Waals surface area contributed by atoms with E-state index in [1.54, 1.807) is 0 Å². The number of esters is 1. The second-order valence-electron chi connectivity index (χ2n) is 1.75. The van der Waals surface area contributed by atoms with Gasteiger partial charge in [0.15, 0.2) is 5.76 Å². The number of hydrogen-bond acceptors (Lipinski definition) is 5. The van der Waals surface area contributed by atoms with E-state index >= 15 is 0 Å². The van der Waals surface area contributed by atoms with Crippen LogP contribution in [0, 0.1) is 0 Å². The van der Waals surface area contributed by atoms with Crippen LogP contribution in [0.2, 0.25) is 0 Å². The van der Waals surface area contributed by atoms with E-state index in [2.05, 4.69) is 11.3 Å². The number of ether oxygens (including phenoxy) is 1. The Hall–Kier alpha value is -1.22. The zero-order valence-electron chi connectivity index (χ0n) is 6.14. The summed E-state index contributed by atoms with van der Waals surface area (Å²) in [7, 11) is -1.54. The highest BCUT2D eigenvalue weighted by Crippen LogP contribution is 2.15. The first-order valence-electron chi connectivity index (χ1n) is 2.97. The summed E-state index contributed by atoms with van der Waals surface area (Å²) < 4.78 is 14.7. The third-order valence-electron chi connectivity index (χ3n) is 0.957. The van der Waals surface area contributed by atoms with E-state index < -0.39 is 26.0 Å². The molecule has 0 radical (unpaired) electrons. The van der Waals surface area contributed by atoms with Gasteiger partial charge in [0.25, 0.3) is 0 Å². The Kier molecular flexibility index (Phi) is 4.88. The van der Waals surface area contributed by atoms with Gasteiger partial charge in [0, 0.05) is 6.08 Å². The monoisotopic (exact) mass is 192 g/mol. The molecule has 0 amide bonds. The molecule has 0 aromatic heterocycles. The van der Waals surface area contributed by atoms with Gasteiger partial charge < -0.3 is 19.5 Å². The lowest BCUT2D eigenvalue weighted by atomic mass is 10.5. The van der Waals surface area contributed by atoms with E-state index in [4.69, 9.17) is 10.2 Å². The Morgan fingerprint density at radius 2 is 2.25 bits per heavy atom. The highest BCUT2D eigenvalue weighted by molar-refractivity contribution is 7.24. The number of aliphatic hydroxyl groups excluding tert-OH is 2. The predicted octanol–water partition coefficient (Wildman–Crippen LogP) is 0.755. The summed E-state index contributed by atoms with van der Waals surface area (Å²) in [4.78, 5) is 10.5. The molecule has 0 aromatic carbocycles. The first-order chi connectivity index (χ1) is 5.65. The van der Waals surface area contributed by atoms with Crippen LogP contribution < -0.4 is 0 Å². The Morgan fingerprint density at radius 1 is 1.67 bits per heavy atom. The van der Waals surface area contributed by atoms with Gasteiger partial charge in [-0.1, -0.05) is 6.58 Å². The molecule has 0 bridgehead atoms. The number of hydrogen-bond donors (Lipinski definition) is 2. The molecule has 0 aliphatic rings. The highest BCUT2D eigenvalue weighted by Gasteiger charge is 2.15. The summed E-state index contributed by atoms with van der Waals surface area (Å²) in [5.41, 5.74) is 0. The quantitative estimate of drug-likeness (QED) is 0.297. The van der Waals surface area contributed by atoms with Crippen molar-refractivity contribution in [1.82, 2.24) is 0 Å². The molecule has 0 aliphatic heterocycles. The lowest BCUT2D eigenvalue weighted by molar-refractivity contribution is -0.139. The number of aliphatic hydroxyl groups is 2. The van der Waals surface area contributed by atoms with Crippen molar-refractivity contribution in [1.29, 1.82) is 0 Å². The van der Waals surface area contributed by atoms with Gasteiger partial charge in [-0.05, 0) is 0 Å². The average molecular weight is 192 g/mol. The second kappa shape index (κ2) is 5.43. The van der Waals surface area contributed by atoms with Crippen LogP contribution in [-0.2, 0) is 14.1 Å². The molecule has 6 heteroatoms. The zero-order valence-corrected chi connectivity index (χ0v) is 7.29. The molecule has 2 N–H and O–H groups in total. The van der Waals surface area contributed by atoms with E-state index in [-0.39, 0.29) is 0 Å². The summed E-state index contributed by atoms with van der Waals surface area (Å²) in [6.07, 6.45) is 1.19. The molecule has 2 atom stereocenters. The Balaban J connectivity index is 4.27. The predicted molar refractivity (Wildman–Crippen MR) is 43.8 cm³/mol. The number of carbonyl (C=O) groups excluding carboxylic acids is 1. The van der Waals surface area contributed by atoms with Gasteiger partial charge >= 0.3 is 5.97 Å². The van der Waals surface area contributed by atoms with Crippen molar-refractivity contribution >= 4 is 14.4 Å². The number of carbonyl (C=O) groups is 1. The molecular formula is C6H9O5P. The fourth-order valence-electron chi connectivity index (χ4n) is 0.405. The lowest BCUT2D eigenvalue weighted by Crippen LogP contribution is -2.12. The molecule has 0 aliphatic carbocycles. The largest absolute Gasteiger partial charge is 0.512 e. The minimum atomic E-state index is -1.54. The molecule has 2 unspecified atom stereocenters. The normalized spacial score (nSPS) is 14.5. The van der Waals surface area contributed by atoms with Crippen LogP contribution in [0.25, 0.3) is 0 Å². The summed E-state index contributed by atoms with van der Waals surface area (Å²) in [5, 5.41) is 17.0. The standard InChI is InChI=1S/C6H9O5P/c1-2-5(9)11-6(12-10)4(8)3-7/h2-3,6-8H,1,12H2. The van der Waals surface area contributed by atoms with Crippen molar-refractivity contribution in [2.24, 2.45) is 0 Å². The summed E-state index contributed by atoms with van der Waals surface area (Å²) in [6, 6.07) is 0. The van der Waals surface area contributed by atoms with Crippen LogP contribution in [0.15, 0.2) is 24.7 Å². The third-order valence-corrected chi connectivity index (χ3v) is 1.68. The van der Waals surface area contributed by atoms with Gasteiger partial charge in [0.1, 0.15) is 14.7 Å². The SMILES string of the molecule is C=CC(=O)OC([PH2]=O)C(O)=CO. The molecule has 0 rings (SSSR count). The molecule has 0 aromatic rings. The van der Waals surface area contributed by atoms with E-state index in [1.165, 1.54) is 0 Å². The van der Waals surface area contributed by atoms with Gasteiger partial charge in [-0.3, -0.25) is 0 Å². The topological polar surface area (TPSA) is 83.8 Å². The van der Waals surface area contributed by atoms with Crippen LogP contribution in [0.3, 0.4) is 0 Å². The first kappa shape index (κ1) is 10.8. The van der Waals surface area contributed by atoms with E-state index in [0.717, 1.165) is 6.08 Å². The van der Waals surface area contributed by atoms with Crippen LogP contribution in [-0.4, -0.2) is 22.0 Å². The van der Waals surface area contributed by atoms with Crippen LogP contribution in [0.5, 0.6) is 0 Å². The van der Waals surface area contributed by atoms with Gasteiger partial charge in [-0.2, -0.15) is 0 Å². The molecule has 68 valence electrons. The zero-order chi connectivity index (χ0) is 9.56. The minimum absolute atomic E-state index is 0.325. The molecule has 12 heavy (non-hydrogen) atoms. The maximum atomic E-state index is 10.5. The van der Waals surface area contributed by atoms with E-state index in [9.17, 15) is 9.36 Å². The summed E-state index contributed by atoms with van der Waals surface area (Å²) >= 11 is 0. The molecule has 5 nitrogen and oxygen atoms in total. The maximum Gasteiger partial charge on any atom is 0.331 e. The first-order valence-corrected chi connectivity index (χ1v) is 4.11. The lowest BCUT2D eigenvalue weighted by Gasteiger charge is -2.08. The van der Waals surface area contributed by atoms with Crippen LogP contribution in [0.1, 0.15) is 0 Å². The van der Waals surface area contributed by atoms with E-state index in [0.29, 0.717) is 6.26 Å². The van der Waals surface area contributed by atoms with Gasteiger partial charge in [-0.25, -0.2) is 4.79 Å². The Labute approximate surface area is 70.2 Å². The molecule has 0 fully saturated rings. The van der Waals surface area contributed by atoms with Gasteiger partial charge in [-0.15, -0.1) is 0 Å². The second-order valence-corrected chi connectivity index (χ2v) is 2.63. The van der Waals surface area contributed by atoms with Crippen molar-refractivity contribution in [3.05, 3.63) is 24.7 Å². The fourth-order valence-corrected chi connectivity index (χ4v) is 0.820. The highest BCUT2D eigenvalue weighted by atomic mass is 31.1. The fraction of sp³-hybridized carbons (Fsp3) is 0.167.